The summed E-state index contributed by atoms with van der Waals surface area (Å²) >= 11 is 0. The predicted molar refractivity (Wildman–Crippen MR) is 179 cm³/mol. The standard InChI is InChI=1S/C37H51F2N5O3/c1-25(2)23-44(31-11-16-42(17-12-31)26(3)46)32-13-18-43(19-14-32)37(47)35(20-28-8-9-30(38)21-34(28)39)41-22-29(24-45)36-33-7-5-4-6-27(33)10-15-40-36/h4-9,21,24-25,29,31-32,35-36,40-41H,10-20,22-23H2,1-3H3. The van der Waals surface area contributed by atoms with Crippen LogP contribution in [0, 0.1) is 23.5 Å². The lowest BCUT2D eigenvalue weighted by atomic mass is 9.86. The molecular weight excluding hydrogens is 600 g/mol. The molecule has 3 aliphatic heterocycles. The summed E-state index contributed by atoms with van der Waals surface area (Å²) in [5, 5.41) is 6.82. The van der Waals surface area contributed by atoms with Crippen molar-refractivity contribution < 1.29 is 23.2 Å². The highest BCUT2D eigenvalue weighted by Crippen LogP contribution is 2.29. The summed E-state index contributed by atoms with van der Waals surface area (Å²) < 4.78 is 28.6. The van der Waals surface area contributed by atoms with E-state index in [4.69, 9.17) is 0 Å². The van der Waals surface area contributed by atoms with Gasteiger partial charge in [-0.05, 0) is 73.7 Å². The number of amides is 2. The molecule has 0 saturated carbocycles. The van der Waals surface area contributed by atoms with Crippen molar-refractivity contribution in [1.29, 1.82) is 0 Å². The number of halogens is 2. The van der Waals surface area contributed by atoms with Gasteiger partial charge in [0.05, 0.1) is 6.04 Å². The first-order chi connectivity index (χ1) is 22.6. The van der Waals surface area contributed by atoms with Crippen molar-refractivity contribution in [3.05, 3.63) is 70.8 Å². The number of aldehydes is 1. The topological polar surface area (TPSA) is 85.0 Å². The van der Waals surface area contributed by atoms with Gasteiger partial charge in [0.2, 0.25) is 11.8 Å². The van der Waals surface area contributed by atoms with Crippen molar-refractivity contribution in [2.45, 2.75) is 83.5 Å². The smallest absolute Gasteiger partial charge is 0.240 e. The maximum Gasteiger partial charge on any atom is 0.240 e. The summed E-state index contributed by atoms with van der Waals surface area (Å²) in [7, 11) is 0. The van der Waals surface area contributed by atoms with Crippen molar-refractivity contribution in [2.24, 2.45) is 11.8 Å². The molecule has 256 valence electrons. The fourth-order valence-corrected chi connectivity index (χ4v) is 7.76. The monoisotopic (exact) mass is 651 g/mol. The van der Waals surface area contributed by atoms with E-state index in [0.717, 1.165) is 76.2 Å². The number of nitrogens with zero attached hydrogens (tertiary/aromatic N) is 3. The molecule has 0 aliphatic carbocycles. The van der Waals surface area contributed by atoms with Crippen LogP contribution in [-0.4, -0.2) is 96.7 Å². The number of benzene rings is 2. The highest BCUT2D eigenvalue weighted by Gasteiger charge is 2.36. The van der Waals surface area contributed by atoms with E-state index in [1.807, 2.05) is 28.0 Å². The van der Waals surface area contributed by atoms with Crippen LogP contribution >= 0.6 is 0 Å². The number of rotatable bonds is 12. The van der Waals surface area contributed by atoms with E-state index >= 15 is 0 Å². The van der Waals surface area contributed by atoms with Crippen LogP contribution in [-0.2, 0) is 27.2 Å². The quantitative estimate of drug-likeness (QED) is 0.336. The van der Waals surface area contributed by atoms with Gasteiger partial charge in [0, 0.05) is 76.3 Å². The van der Waals surface area contributed by atoms with Gasteiger partial charge in [-0.2, -0.15) is 0 Å². The fraction of sp³-hybridized carbons (Fsp3) is 0.595. The van der Waals surface area contributed by atoms with Crippen LogP contribution in [0.25, 0.3) is 0 Å². The van der Waals surface area contributed by atoms with E-state index in [2.05, 4.69) is 35.4 Å². The molecule has 2 saturated heterocycles. The summed E-state index contributed by atoms with van der Waals surface area (Å²) in [6, 6.07) is 11.4. The summed E-state index contributed by atoms with van der Waals surface area (Å²) in [6.45, 7) is 10.8. The van der Waals surface area contributed by atoms with E-state index < -0.39 is 23.6 Å². The molecule has 3 aliphatic rings. The Kier molecular flexibility index (Phi) is 12.1. The Morgan fingerprint density at radius 2 is 1.66 bits per heavy atom. The van der Waals surface area contributed by atoms with Crippen molar-refractivity contribution in [3.63, 3.8) is 0 Å². The first-order valence-electron chi connectivity index (χ1n) is 17.4. The second-order valence-electron chi connectivity index (χ2n) is 14.0. The molecule has 2 fully saturated rings. The molecule has 3 unspecified atom stereocenters. The number of nitrogens with one attached hydrogen (secondary N) is 2. The maximum absolute atomic E-state index is 14.8. The summed E-state index contributed by atoms with van der Waals surface area (Å²) in [6.07, 6.45) is 5.46. The largest absolute Gasteiger partial charge is 0.343 e. The van der Waals surface area contributed by atoms with Crippen molar-refractivity contribution in [3.8, 4) is 0 Å². The Hall–Kier alpha value is -3.21. The molecule has 3 atom stereocenters. The van der Waals surface area contributed by atoms with Crippen LogP contribution in [0.3, 0.4) is 0 Å². The number of hydrogen-bond acceptors (Lipinski definition) is 6. The van der Waals surface area contributed by atoms with Gasteiger partial charge in [0.15, 0.2) is 0 Å². The van der Waals surface area contributed by atoms with E-state index in [-0.39, 0.29) is 36.4 Å². The second kappa shape index (κ2) is 16.3. The zero-order valence-electron chi connectivity index (χ0n) is 28.1. The molecule has 8 nitrogen and oxygen atoms in total. The molecule has 0 aromatic heterocycles. The lowest BCUT2D eigenvalue weighted by molar-refractivity contribution is -0.135. The average Bonchev–Trinajstić information content (AvgIpc) is 3.07. The van der Waals surface area contributed by atoms with Gasteiger partial charge in [-0.15, -0.1) is 0 Å². The SMILES string of the molecule is CC(=O)N1CCC(N(CC(C)C)C2CCN(C(=O)C(Cc3ccc(F)cc3F)NCC(C=O)C3NCCc4ccccc43)CC2)CC1. The van der Waals surface area contributed by atoms with Crippen LogP contribution in [0.2, 0.25) is 0 Å². The van der Waals surface area contributed by atoms with Crippen LogP contribution < -0.4 is 10.6 Å². The van der Waals surface area contributed by atoms with Crippen LogP contribution in [0.1, 0.15) is 69.2 Å². The Morgan fingerprint density at radius 1 is 1.00 bits per heavy atom. The Morgan fingerprint density at radius 3 is 2.28 bits per heavy atom. The number of hydrogen-bond donors (Lipinski definition) is 2. The van der Waals surface area contributed by atoms with Crippen molar-refractivity contribution >= 4 is 18.1 Å². The molecule has 2 N–H and O–H groups in total. The van der Waals surface area contributed by atoms with Gasteiger partial charge in [-0.1, -0.05) is 44.2 Å². The molecule has 2 amide bonds. The minimum absolute atomic E-state index is 0.0549. The lowest BCUT2D eigenvalue weighted by Crippen LogP contribution is -2.56. The zero-order chi connectivity index (χ0) is 33.5. The van der Waals surface area contributed by atoms with E-state index in [9.17, 15) is 23.2 Å². The third-order valence-electron chi connectivity index (χ3n) is 10.3. The molecule has 0 spiro atoms. The summed E-state index contributed by atoms with van der Waals surface area (Å²) in [5.74, 6) is -1.28. The molecule has 3 heterocycles. The van der Waals surface area contributed by atoms with E-state index in [1.54, 1.807) is 6.92 Å². The molecule has 2 aromatic rings. The van der Waals surface area contributed by atoms with Crippen LogP contribution in [0.15, 0.2) is 42.5 Å². The number of piperidine rings is 2. The van der Waals surface area contributed by atoms with Gasteiger partial charge < -0.3 is 25.2 Å². The van der Waals surface area contributed by atoms with Gasteiger partial charge in [-0.25, -0.2) is 8.78 Å². The van der Waals surface area contributed by atoms with Gasteiger partial charge in [-0.3, -0.25) is 14.5 Å². The molecule has 0 bridgehead atoms. The lowest BCUT2D eigenvalue weighted by Gasteiger charge is -2.46. The third-order valence-corrected chi connectivity index (χ3v) is 10.3. The highest BCUT2D eigenvalue weighted by atomic mass is 19.1. The predicted octanol–water partition coefficient (Wildman–Crippen LogP) is 4.13. The maximum atomic E-state index is 14.8. The minimum atomic E-state index is -0.768. The Labute approximate surface area is 278 Å². The van der Waals surface area contributed by atoms with E-state index in [0.29, 0.717) is 31.1 Å². The third kappa shape index (κ3) is 8.83. The first-order valence-corrected chi connectivity index (χ1v) is 17.4. The summed E-state index contributed by atoms with van der Waals surface area (Å²) in [5.41, 5.74) is 2.56. The van der Waals surface area contributed by atoms with Crippen molar-refractivity contribution in [1.82, 2.24) is 25.3 Å². The highest BCUT2D eigenvalue weighted by molar-refractivity contribution is 5.82. The molecule has 2 aromatic carbocycles. The zero-order valence-corrected chi connectivity index (χ0v) is 28.1. The molecular formula is C37H51F2N5O3. The fourth-order valence-electron chi connectivity index (χ4n) is 7.76. The number of fused-ring (bicyclic) bond motifs is 1. The first kappa shape index (κ1) is 35.1. The number of carbonyl (C=O) groups excluding carboxylic acids is 3. The Bertz CT molecular complexity index is 1370. The summed E-state index contributed by atoms with van der Waals surface area (Å²) in [4.78, 5) is 44.9. The Balaban J connectivity index is 1.27. The number of likely N-dealkylation sites (tertiary alicyclic amines) is 2. The molecule has 0 radical (unpaired) electrons. The number of carbonyl (C=O) groups is 3. The average molecular weight is 652 g/mol. The second-order valence-corrected chi connectivity index (χ2v) is 14.0. The van der Waals surface area contributed by atoms with Gasteiger partial charge >= 0.3 is 0 Å². The molecule has 5 rings (SSSR count). The van der Waals surface area contributed by atoms with Gasteiger partial charge in [0.1, 0.15) is 17.9 Å². The normalized spacial score (nSPS) is 20.7. The van der Waals surface area contributed by atoms with Crippen LogP contribution in [0.4, 0.5) is 8.78 Å². The molecule has 10 heteroatoms. The van der Waals surface area contributed by atoms with Crippen LogP contribution in [0.5, 0.6) is 0 Å². The van der Waals surface area contributed by atoms with Gasteiger partial charge in [0.25, 0.3) is 0 Å². The molecule has 47 heavy (non-hydrogen) atoms. The minimum Gasteiger partial charge on any atom is -0.343 e. The van der Waals surface area contributed by atoms with E-state index in [1.165, 1.54) is 17.7 Å². The van der Waals surface area contributed by atoms with Crippen molar-refractivity contribution in [2.75, 3.05) is 45.8 Å².